The Labute approximate surface area is 114 Å². The average Bonchev–Trinajstić information content (AvgIpc) is 2.79. The van der Waals surface area contributed by atoms with Gasteiger partial charge >= 0.3 is 0 Å². The molecule has 0 saturated carbocycles. The van der Waals surface area contributed by atoms with Gasteiger partial charge in [-0.15, -0.1) is 0 Å². The normalized spacial score (nSPS) is 21.3. The summed E-state index contributed by atoms with van der Waals surface area (Å²) < 4.78 is 4.53. The van der Waals surface area contributed by atoms with Gasteiger partial charge in [0.1, 0.15) is 5.82 Å². The number of hydrogen-bond donors (Lipinski definition) is 1. The SMILES string of the molecule is CNCC1CCCCN1c1nc(C(C)(C)C)ns1. The molecule has 1 aromatic heterocycles. The van der Waals surface area contributed by atoms with Crippen LogP contribution < -0.4 is 10.2 Å². The van der Waals surface area contributed by atoms with Crippen LogP contribution in [0.4, 0.5) is 5.13 Å². The molecule has 1 aromatic rings. The molecule has 1 unspecified atom stereocenters. The van der Waals surface area contributed by atoms with Crippen molar-refractivity contribution < 1.29 is 0 Å². The maximum absolute atomic E-state index is 4.74. The van der Waals surface area contributed by atoms with Crippen molar-refractivity contribution in [2.75, 3.05) is 25.0 Å². The zero-order chi connectivity index (χ0) is 13.2. The van der Waals surface area contributed by atoms with Crippen LogP contribution in [0.5, 0.6) is 0 Å². The van der Waals surface area contributed by atoms with Gasteiger partial charge in [0, 0.05) is 36.1 Å². The van der Waals surface area contributed by atoms with Crippen LogP contribution in [0.3, 0.4) is 0 Å². The standard InChI is InChI=1S/C13H24N4S/c1-13(2,3)11-15-12(18-16-11)17-8-6-5-7-10(17)9-14-4/h10,14H,5-9H2,1-4H3. The minimum Gasteiger partial charge on any atom is -0.343 e. The minimum atomic E-state index is 0.0447. The average molecular weight is 268 g/mol. The molecule has 0 spiro atoms. The van der Waals surface area contributed by atoms with Gasteiger partial charge in [-0.05, 0) is 26.3 Å². The van der Waals surface area contributed by atoms with Gasteiger partial charge in [0.15, 0.2) is 0 Å². The summed E-state index contributed by atoms with van der Waals surface area (Å²) in [6.07, 6.45) is 3.85. The topological polar surface area (TPSA) is 41.0 Å². The van der Waals surface area contributed by atoms with E-state index in [1.165, 1.54) is 19.3 Å². The fraction of sp³-hybridized carbons (Fsp3) is 0.846. The number of anilines is 1. The summed E-state index contributed by atoms with van der Waals surface area (Å²) in [5.41, 5.74) is 0.0447. The first kappa shape index (κ1) is 13.7. The van der Waals surface area contributed by atoms with E-state index in [-0.39, 0.29) is 5.41 Å². The van der Waals surface area contributed by atoms with Crippen LogP contribution in [0.25, 0.3) is 0 Å². The predicted octanol–water partition coefficient (Wildman–Crippen LogP) is 2.41. The number of nitrogens with one attached hydrogen (secondary N) is 1. The van der Waals surface area contributed by atoms with Crippen molar-refractivity contribution in [1.82, 2.24) is 14.7 Å². The molecule has 1 N–H and O–H groups in total. The summed E-state index contributed by atoms with van der Waals surface area (Å²) in [4.78, 5) is 7.18. The second-order valence-electron chi connectivity index (χ2n) is 6.05. The number of piperidine rings is 1. The molecule has 1 saturated heterocycles. The smallest absolute Gasteiger partial charge is 0.205 e. The van der Waals surface area contributed by atoms with Crippen LogP contribution in [-0.2, 0) is 5.41 Å². The Kier molecular flexibility index (Phi) is 4.22. The molecule has 4 nitrogen and oxygen atoms in total. The van der Waals surface area contributed by atoms with Crippen molar-refractivity contribution >= 4 is 16.7 Å². The van der Waals surface area contributed by atoms with E-state index in [1.807, 2.05) is 7.05 Å². The van der Waals surface area contributed by atoms with Gasteiger partial charge in [-0.2, -0.15) is 4.37 Å². The molecule has 0 radical (unpaired) electrons. The van der Waals surface area contributed by atoms with Gasteiger partial charge in [0.25, 0.3) is 0 Å². The molecule has 0 amide bonds. The molecule has 1 aliphatic heterocycles. The molecule has 18 heavy (non-hydrogen) atoms. The van der Waals surface area contributed by atoms with Crippen LogP contribution in [0.1, 0.15) is 45.9 Å². The Morgan fingerprint density at radius 3 is 2.78 bits per heavy atom. The van der Waals surface area contributed by atoms with Crippen molar-refractivity contribution in [3.05, 3.63) is 5.82 Å². The zero-order valence-electron chi connectivity index (χ0n) is 11.9. The van der Waals surface area contributed by atoms with Gasteiger partial charge in [0.2, 0.25) is 5.13 Å². The van der Waals surface area contributed by atoms with E-state index >= 15 is 0 Å². The lowest BCUT2D eigenvalue weighted by Gasteiger charge is -2.35. The molecule has 1 fully saturated rings. The Hall–Kier alpha value is -0.680. The van der Waals surface area contributed by atoms with Crippen molar-refractivity contribution in [1.29, 1.82) is 0 Å². The highest BCUT2D eigenvalue weighted by Crippen LogP contribution is 2.29. The molecule has 5 heteroatoms. The fourth-order valence-corrected chi connectivity index (χ4v) is 3.29. The van der Waals surface area contributed by atoms with E-state index < -0.39 is 0 Å². The van der Waals surface area contributed by atoms with E-state index in [1.54, 1.807) is 11.5 Å². The number of aromatic nitrogens is 2. The molecule has 1 atom stereocenters. The molecule has 0 bridgehead atoms. The first-order valence-corrected chi connectivity index (χ1v) is 7.55. The molecule has 0 aromatic carbocycles. The zero-order valence-corrected chi connectivity index (χ0v) is 12.7. The Morgan fingerprint density at radius 2 is 2.17 bits per heavy atom. The van der Waals surface area contributed by atoms with Crippen molar-refractivity contribution in [2.24, 2.45) is 0 Å². The number of hydrogen-bond acceptors (Lipinski definition) is 5. The van der Waals surface area contributed by atoms with Crippen molar-refractivity contribution in [2.45, 2.75) is 51.5 Å². The van der Waals surface area contributed by atoms with Crippen LogP contribution in [0, 0.1) is 0 Å². The van der Waals surface area contributed by atoms with Crippen molar-refractivity contribution in [3.8, 4) is 0 Å². The second kappa shape index (κ2) is 5.53. The monoisotopic (exact) mass is 268 g/mol. The Morgan fingerprint density at radius 1 is 1.39 bits per heavy atom. The van der Waals surface area contributed by atoms with E-state index in [0.29, 0.717) is 6.04 Å². The van der Waals surface area contributed by atoms with Gasteiger partial charge < -0.3 is 10.2 Å². The maximum atomic E-state index is 4.74. The third kappa shape index (κ3) is 3.01. The molecular formula is C13H24N4S. The summed E-state index contributed by atoms with van der Waals surface area (Å²) in [7, 11) is 2.02. The van der Waals surface area contributed by atoms with Crippen LogP contribution >= 0.6 is 11.5 Å². The molecule has 102 valence electrons. The minimum absolute atomic E-state index is 0.0447. The van der Waals surface area contributed by atoms with E-state index in [4.69, 9.17) is 4.98 Å². The Balaban J connectivity index is 2.15. The van der Waals surface area contributed by atoms with E-state index in [2.05, 4.69) is 35.4 Å². The van der Waals surface area contributed by atoms with Crippen LogP contribution in [0.2, 0.25) is 0 Å². The first-order chi connectivity index (χ1) is 8.52. The quantitative estimate of drug-likeness (QED) is 0.914. The lowest BCUT2D eigenvalue weighted by Crippen LogP contribution is -2.45. The summed E-state index contributed by atoms with van der Waals surface area (Å²) in [6.45, 7) is 8.65. The first-order valence-electron chi connectivity index (χ1n) is 6.78. The number of rotatable bonds is 3. The number of nitrogens with zero attached hydrogens (tertiary/aromatic N) is 3. The molecular weight excluding hydrogens is 244 g/mol. The fourth-order valence-electron chi connectivity index (χ4n) is 2.34. The highest BCUT2D eigenvalue weighted by atomic mass is 32.1. The van der Waals surface area contributed by atoms with Crippen LogP contribution in [-0.4, -0.2) is 35.5 Å². The molecule has 0 aliphatic carbocycles. The lowest BCUT2D eigenvalue weighted by atomic mass is 9.96. The highest BCUT2D eigenvalue weighted by Gasteiger charge is 2.27. The summed E-state index contributed by atoms with van der Waals surface area (Å²) >= 11 is 1.55. The van der Waals surface area contributed by atoms with E-state index in [0.717, 1.165) is 24.0 Å². The summed E-state index contributed by atoms with van der Waals surface area (Å²) in [6, 6.07) is 0.574. The van der Waals surface area contributed by atoms with Gasteiger partial charge in [-0.25, -0.2) is 4.98 Å². The Bertz CT molecular complexity index is 381. The summed E-state index contributed by atoms with van der Waals surface area (Å²) in [5, 5.41) is 4.39. The second-order valence-corrected chi connectivity index (χ2v) is 6.78. The number of likely N-dealkylation sites (N-methyl/N-ethyl adjacent to an activating group) is 1. The molecule has 1 aliphatic rings. The van der Waals surface area contributed by atoms with Gasteiger partial charge in [-0.3, -0.25) is 0 Å². The third-order valence-electron chi connectivity index (χ3n) is 3.40. The van der Waals surface area contributed by atoms with Crippen molar-refractivity contribution in [3.63, 3.8) is 0 Å². The molecule has 2 rings (SSSR count). The maximum Gasteiger partial charge on any atom is 0.205 e. The van der Waals surface area contributed by atoms with Gasteiger partial charge in [0.05, 0.1) is 0 Å². The highest BCUT2D eigenvalue weighted by molar-refractivity contribution is 7.09. The predicted molar refractivity (Wildman–Crippen MR) is 77.5 cm³/mol. The molecule has 2 heterocycles. The van der Waals surface area contributed by atoms with Gasteiger partial charge in [-0.1, -0.05) is 20.8 Å². The third-order valence-corrected chi connectivity index (χ3v) is 4.15. The summed E-state index contributed by atoms with van der Waals surface area (Å²) in [5.74, 6) is 0.969. The largest absolute Gasteiger partial charge is 0.343 e. The van der Waals surface area contributed by atoms with Crippen LogP contribution in [0.15, 0.2) is 0 Å². The van der Waals surface area contributed by atoms with E-state index in [9.17, 15) is 0 Å². The lowest BCUT2D eigenvalue weighted by molar-refractivity contribution is 0.445.